The third kappa shape index (κ3) is 4.29. The highest BCUT2D eigenvalue weighted by molar-refractivity contribution is 7.88. The lowest BCUT2D eigenvalue weighted by molar-refractivity contribution is -0.129. The van der Waals surface area contributed by atoms with Gasteiger partial charge in [0, 0.05) is 31.1 Å². The molecule has 1 N–H and O–H groups in total. The van der Waals surface area contributed by atoms with Crippen LogP contribution in [0.5, 0.6) is 0 Å². The Morgan fingerprint density at radius 2 is 2.00 bits per heavy atom. The number of nitrogens with one attached hydrogen (secondary N) is 1. The molecule has 10 heteroatoms. The first-order valence-electron chi connectivity index (χ1n) is 9.80. The SMILES string of the molecule is CS(=O)(=O)N1CCc2c(nc(C3CCN(C(=O)Cc4ccc(F)cc4)C3)[nH]c2=O)C1. The molecule has 8 nitrogen and oxygen atoms in total. The van der Waals surface area contributed by atoms with E-state index < -0.39 is 10.0 Å². The van der Waals surface area contributed by atoms with Crippen molar-refractivity contribution in [2.75, 3.05) is 25.9 Å². The van der Waals surface area contributed by atoms with Crippen LogP contribution in [-0.2, 0) is 34.2 Å². The summed E-state index contributed by atoms with van der Waals surface area (Å²) >= 11 is 0. The van der Waals surface area contributed by atoms with Crippen molar-refractivity contribution < 1.29 is 17.6 Å². The summed E-state index contributed by atoms with van der Waals surface area (Å²) in [4.78, 5) is 34.2. The molecular formula is C20H23FN4O4S. The predicted molar refractivity (Wildman–Crippen MR) is 108 cm³/mol. The maximum atomic E-state index is 13.0. The number of hydrogen-bond acceptors (Lipinski definition) is 5. The number of carbonyl (C=O) groups is 1. The molecule has 1 amide bonds. The molecule has 0 bridgehead atoms. The molecule has 160 valence electrons. The molecule has 30 heavy (non-hydrogen) atoms. The van der Waals surface area contributed by atoms with Gasteiger partial charge in [0.1, 0.15) is 11.6 Å². The molecule has 3 heterocycles. The number of nitrogens with zero attached hydrogens (tertiary/aromatic N) is 3. The van der Waals surface area contributed by atoms with Gasteiger partial charge in [0.2, 0.25) is 15.9 Å². The molecule has 0 saturated carbocycles. The van der Waals surface area contributed by atoms with Crippen LogP contribution >= 0.6 is 0 Å². The van der Waals surface area contributed by atoms with Gasteiger partial charge >= 0.3 is 0 Å². The Morgan fingerprint density at radius 1 is 1.27 bits per heavy atom. The maximum Gasteiger partial charge on any atom is 0.254 e. The normalized spacial score (nSPS) is 19.7. The van der Waals surface area contributed by atoms with E-state index in [1.165, 1.54) is 16.4 Å². The van der Waals surface area contributed by atoms with Gasteiger partial charge in [-0.05, 0) is 30.5 Å². The fourth-order valence-electron chi connectivity index (χ4n) is 4.01. The third-order valence-electron chi connectivity index (χ3n) is 5.72. The van der Waals surface area contributed by atoms with Crippen molar-refractivity contribution >= 4 is 15.9 Å². The van der Waals surface area contributed by atoms with Crippen LogP contribution in [0.15, 0.2) is 29.1 Å². The molecule has 1 fully saturated rings. The van der Waals surface area contributed by atoms with Crippen LogP contribution in [0.1, 0.15) is 35.0 Å². The Kier molecular flexibility index (Phi) is 5.46. The first-order chi connectivity index (χ1) is 14.2. The van der Waals surface area contributed by atoms with Crippen molar-refractivity contribution in [1.82, 2.24) is 19.2 Å². The van der Waals surface area contributed by atoms with Crippen molar-refractivity contribution in [3.8, 4) is 0 Å². The van der Waals surface area contributed by atoms with Gasteiger partial charge in [0.05, 0.1) is 24.9 Å². The Hall–Kier alpha value is -2.59. The second-order valence-corrected chi connectivity index (χ2v) is 9.83. The second-order valence-electron chi connectivity index (χ2n) is 7.85. The van der Waals surface area contributed by atoms with Gasteiger partial charge in [-0.25, -0.2) is 17.8 Å². The summed E-state index contributed by atoms with van der Waals surface area (Å²) in [5.74, 6) is -0.0306. The van der Waals surface area contributed by atoms with Gasteiger partial charge in [-0.1, -0.05) is 12.1 Å². The van der Waals surface area contributed by atoms with Crippen molar-refractivity contribution in [3.63, 3.8) is 0 Å². The largest absolute Gasteiger partial charge is 0.342 e. The molecule has 1 unspecified atom stereocenters. The number of H-pyrrole nitrogens is 1. The van der Waals surface area contributed by atoms with Gasteiger partial charge in [-0.2, -0.15) is 4.31 Å². The maximum absolute atomic E-state index is 13.0. The molecule has 4 rings (SSSR count). The third-order valence-corrected chi connectivity index (χ3v) is 6.97. The standard InChI is InChI=1S/C20H23FN4O4S/c1-30(28,29)25-9-7-16-17(12-25)22-19(23-20(16)27)14-6-8-24(11-14)18(26)10-13-2-4-15(21)5-3-13/h2-5,14H,6-12H2,1H3,(H,22,23,27). The zero-order chi connectivity index (χ0) is 21.5. The lowest BCUT2D eigenvalue weighted by Gasteiger charge is -2.26. The van der Waals surface area contributed by atoms with Crippen LogP contribution in [-0.4, -0.2) is 59.4 Å². The molecule has 1 saturated heterocycles. The Labute approximate surface area is 173 Å². The number of benzene rings is 1. The molecule has 2 aliphatic rings. The minimum Gasteiger partial charge on any atom is -0.342 e. The fourth-order valence-corrected chi connectivity index (χ4v) is 4.79. The number of amides is 1. The Morgan fingerprint density at radius 3 is 2.70 bits per heavy atom. The average molecular weight is 434 g/mol. The number of aromatic amines is 1. The van der Waals surface area contributed by atoms with Gasteiger partial charge < -0.3 is 9.88 Å². The summed E-state index contributed by atoms with van der Waals surface area (Å²) in [5.41, 5.74) is 1.52. The van der Waals surface area contributed by atoms with Crippen molar-refractivity contribution in [3.05, 3.63) is 63.1 Å². The molecular weight excluding hydrogens is 411 g/mol. The lowest BCUT2D eigenvalue weighted by Crippen LogP contribution is -2.39. The van der Waals surface area contributed by atoms with Crippen LogP contribution in [0.4, 0.5) is 4.39 Å². The van der Waals surface area contributed by atoms with E-state index in [1.54, 1.807) is 17.0 Å². The van der Waals surface area contributed by atoms with Crippen LogP contribution in [0, 0.1) is 5.82 Å². The summed E-state index contributed by atoms with van der Waals surface area (Å²) in [6.45, 7) is 1.33. The first kappa shape index (κ1) is 20.7. The summed E-state index contributed by atoms with van der Waals surface area (Å²) in [6.07, 6.45) is 2.32. The number of fused-ring (bicyclic) bond motifs is 1. The highest BCUT2D eigenvalue weighted by atomic mass is 32.2. The molecule has 1 aromatic heterocycles. The molecule has 1 atom stereocenters. The molecule has 0 aliphatic carbocycles. The lowest BCUT2D eigenvalue weighted by atomic mass is 10.1. The van der Waals surface area contributed by atoms with E-state index in [-0.39, 0.29) is 42.7 Å². The zero-order valence-corrected chi connectivity index (χ0v) is 17.4. The number of hydrogen-bond donors (Lipinski definition) is 1. The fraction of sp³-hybridized carbons (Fsp3) is 0.450. The molecule has 0 radical (unpaired) electrons. The topological polar surface area (TPSA) is 103 Å². The summed E-state index contributed by atoms with van der Waals surface area (Å²) < 4.78 is 38.1. The van der Waals surface area contributed by atoms with Crippen LogP contribution in [0.25, 0.3) is 0 Å². The van der Waals surface area contributed by atoms with E-state index in [4.69, 9.17) is 0 Å². The number of sulfonamides is 1. The highest BCUT2D eigenvalue weighted by Crippen LogP contribution is 2.26. The van der Waals surface area contributed by atoms with E-state index in [0.717, 1.165) is 11.8 Å². The van der Waals surface area contributed by atoms with Crippen LogP contribution in [0.3, 0.4) is 0 Å². The Balaban J connectivity index is 1.48. The number of halogens is 1. The highest BCUT2D eigenvalue weighted by Gasteiger charge is 2.31. The van der Waals surface area contributed by atoms with Crippen LogP contribution in [0.2, 0.25) is 0 Å². The van der Waals surface area contributed by atoms with E-state index in [2.05, 4.69) is 9.97 Å². The summed E-state index contributed by atoms with van der Waals surface area (Å²) in [6, 6.07) is 5.85. The van der Waals surface area contributed by atoms with Crippen molar-refractivity contribution in [2.24, 2.45) is 0 Å². The van der Waals surface area contributed by atoms with Crippen molar-refractivity contribution in [1.29, 1.82) is 0 Å². The number of likely N-dealkylation sites (tertiary alicyclic amines) is 1. The van der Waals surface area contributed by atoms with E-state index in [0.29, 0.717) is 43.0 Å². The van der Waals surface area contributed by atoms with Gasteiger partial charge in [-0.15, -0.1) is 0 Å². The number of carbonyl (C=O) groups excluding carboxylic acids is 1. The summed E-state index contributed by atoms with van der Waals surface area (Å²) in [5, 5.41) is 0. The van der Waals surface area contributed by atoms with E-state index >= 15 is 0 Å². The quantitative estimate of drug-likeness (QED) is 0.766. The molecule has 0 spiro atoms. The minimum atomic E-state index is -3.36. The molecule has 1 aromatic carbocycles. The smallest absolute Gasteiger partial charge is 0.254 e. The Bertz CT molecular complexity index is 1130. The first-order valence-corrected chi connectivity index (χ1v) is 11.6. The summed E-state index contributed by atoms with van der Waals surface area (Å²) in [7, 11) is -3.36. The van der Waals surface area contributed by atoms with Crippen molar-refractivity contribution in [2.45, 2.75) is 31.7 Å². The van der Waals surface area contributed by atoms with Gasteiger partial charge in [0.25, 0.3) is 5.56 Å². The average Bonchev–Trinajstić information content (AvgIpc) is 3.19. The molecule has 2 aromatic rings. The van der Waals surface area contributed by atoms with E-state index in [9.17, 15) is 22.4 Å². The predicted octanol–water partition coefficient (Wildman–Crippen LogP) is 0.785. The zero-order valence-electron chi connectivity index (χ0n) is 16.6. The van der Waals surface area contributed by atoms with Gasteiger partial charge in [0.15, 0.2) is 0 Å². The number of rotatable bonds is 4. The number of aromatic nitrogens is 2. The monoisotopic (exact) mass is 434 g/mol. The minimum absolute atomic E-state index is 0.0623. The van der Waals surface area contributed by atoms with E-state index in [1.807, 2.05) is 0 Å². The second kappa shape index (κ2) is 7.92. The van der Waals surface area contributed by atoms with Crippen LogP contribution < -0.4 is 5.56 Å². The van der Waals surface area contributed by atoms with Gasteiger partial charge in [-0.3, -0.25) is 9.59 Å². The molecule has 2 aliphatic heterocycles.